The maximum atomic E-state index is 5.08. The molecule has 0 saturated heterocycles. The van der Waals surface area contributed by atoms with Gasteiger partial charge in [0.25, 0.3) is 0 Å². The summed E-state index contributed by atoms with van der Waals surface area (Å²) in [6, 6.07) is 1.91. The number of nitrogens with one attached hydrogen (secondary N) is 1. The molecule has 14 heavy (non-hydrogen) atoms. The molecule has 4 heteroatoms. The SMILES string of the molecule is COCCc1nc(=S)cc(C(C)C)[nH]1. The van der Waals surface area contributed by atoms with E-state index < -0.39 is 0 Å². The zero-order valence-electron chi connectivity index (χ0n) is 8.83. The number of hydrogen-bond donors (Lipinski definition) is 1. The van der Waals surface area contributed by atoms with Crippen LogP contribution in [0.1, 0.15) is 31.3 Å². The summed E-state index contributed by atoms with van der Waals surface area (Å²) in [5, 5.41) is 0. The molecule has 3 nitrogen and oxygen atoms in total. The van der Waals surface area contributed by atoms with Crippen molar-refractivity contribution in [2.45, 2.75) is 26.2 Å². The number of hydrogen-bond acceptors (Lipinski definition) is 3. The van der Waals surface area contributed by atoms with Crippen molar-refractivity contribution < 1.29 is 4.74 Å². The predicted octanol–water partition coefficient (Wildman–Crippen LogP) is 2.45. The molecule has 1 aromatic rings. The van der Waals surface area contributed by atoms with Gasteiger partial charge in [0.2, 0.25) is 0 Å². The van der Waals surface area contributed by atoms with Crippen molar-refractivity contribution in [3.05, 3.63) is 22.2 Å². The molecule has 0 amide bonds. The maximum absolute atomic E-state index is 5.08. The highest BCUT2D eigenvalue weighted by molar-refractivity contribution is 7.71. The van der Waals surface area contributed by atoms with E-state index in [1.165, 1.54) is 0 Å². The van der Waals surface area contributed by atoms with Crippen LogP contribution in [0.3, 0.4) is 0 Å². The fourth-order valence-electron chi connectivity index (χ4n) is 1.16. The molecule has 0 bridgehead atoms. The molecule has 0 saturated carbocycles. The molecule has 1 N–H and O–H groups in total. The van der Waals surface area contributed by atoms with Gasteiger partial charge in [-0.1, -0.05) is 26.1 Å². The summed E-state index contributed by atoms with van der Waals surface area (Å²) in [6.45, 7) is 4.92. The van der Waals surface area contributed by atoms with Crippen LogP contribution in [-0.4, -0.2) is 23.7 Å². The lowest BCUT2D eigenvalue weighted by atomic mass is 10.1. The average molecular weight is 212 g/mol. The number of aromatic nitrogens is 2. The summed E-state index contributed by atoms with van der Waals surface area (Å²) in [5.41, 5.74) is 1.14. The molecular formula is C10H16N2OS. The number of rotatable bonds is 4. The van der Waals surface area contributed by atoms with Crippen LogP contribution < -0.4 is 0 Å². The first-order valence-corrected chi connectivity index (χ1v) is 5.13. The van der Waals surface area contributed by atoms with Crippen molar-refractivity contribution in [2.24, 2.45) is 0 Å². The zero-order chi connectivity index (χ0) is 10.6. The van der Waals surface area contributed by atoms with E-state index in [4.69, 9.17) is 17.0 Å². The number of nitrogens with zero attached hydrogens (tertiary/aromatic N) is 1. The minimum atomic E-state index is 0.445. The molecule has 1 heterocycles. The van der Waals surface area contributed by atoms with Crippen LogP contribution in [0.4, 0.5) is 0 Å². The van der Waals surface area contributed by atoms with Gasteiger partial charge in [0.05, 0.1) is 6.61 Å². The Kier molecular flexibility index (Phi) is 4.22. The Morgan fingerprint density at radius 1 is 1.57 bits per heavy atom. The summed E-state index contributed by atoms with van der Waals surface area (Å²) in [4.78, 5) is 7.49. The first-order chi connectivity index (χ1) is 6.63. The topological polar surface area (TPSA) is 37.9 Å². The molecule has 0 fully saturated rings. The van der Waals surface area contributed by atoms with E-state index in [2.05, 4.69) is 23.8 Å². The molecule has 1 rings (SSSR count). The van der Waals surface area contributed by atoms with Gasteiger partial charge in [0, 0.05) is 19.2 Å². The highest BCUT2D eigenvalue weighted by atomic mass is 32.1. The van der Waals surface area contributed by atoms with Gasteiger partial charge < -0.3 is 9.72 Å². The van der Waals surface area contributed by atoms with Crippen LogP contribution in [-0.2, 0) is 11.2 Å². The van der Waals surface area contributed by atoms with Crippen molar-refractivity contribution >= 4 is 12.2 Å². The fraction of sp³-hybridized carbons (Fsp3) is 0.600. The van der Waals surface area contributed by atoms with E-state index in [0.29, 0.717) is 17.2 Å². The highest BCUT2D eigenvalue weighted by Crippen LogP contribution is 2.11. The molecule has 0 aliphatic rings. The van der Waals surface area contributed by atoms with E-state index in [9.17, 15) is 0 Å². The van der Waals surface area contributed by atoms with E-state index in [0.717, 1.165) is 17.9 Å². The largest absolute Gasteiger partial charge is 0.384 e. The molecule has 0 unspecified atom stereocenters. The second-order valence-electron chi connectivity index (χ2n) is 3.52. The third kappa shape index (κ3) is 3.20. The first kappa shape index (κ1) is 11.3. The predicted molar refractivity (Wildman–Crippen MR) is 59.1 cm³/mol. The summed E-state index contributed by atoms with van der Waals surface area (Å²) in [5.74, 6) is 1.35. The lowest BCUT2D eigenvalue weighted by Gasteiger charge is -2.07. The van der Waals surface area contributed by atoms with Gasteiger partial charge in [-0.3, -0.25) is 0 Å². The van der Waals surface area contributed by atoms with Gasteiger partial charge in [-0.25, -0.2) is 4.98 Å². The van der Waals surface area contributed by atoms with Crippen molar-refractivity contribution in [2.75, 3.05) is 13.7 Å². The molecule has 0 atom stereocenters. The molecule has 0 aromatic carbocycles. The van der Waals surface area contributed by atoms with Gasteiger partial charge in [0.15, 0.2) is 0 Å². The smallest absolute Gasteiger partial charge is 0.129 e. The van der Waals surface area contributed by atoms with Crippen LogP contribution in [0, 0.1) is 4.64 Å². The molecule has 0 radical (unpaired) electrons. The monoisotopic (exact) mass is 212 g/mol. The normalized spacial score (nSPS) is 10.9. The number of methoxy groups -OCH3 is 1. The molecule has 1 aromatic heterocycles. The van der Waals surface area contributed by atoms with E-state index in [1.54, 1.807) is 7.11 Å². The van der Waals surface area contributed by atoms with Crippen molar-refractivity contribution in [3.8, 4) is 0 Å². The van der Waals surface area contributed by atoms with Gasteiger partial charge in [-0.15, -0.1) is 0 Å². The Bertz CT molecular complexity index is 346. The van der Waals surface area contributed by atoms with Crippen LogP contribution in [0.2, 0.25) is 0 Å². The van der Waals surface area contributed by atoms with Crippen molar-refractivity contribution in [1.29, 1.82) is 0 Å². The fourth-order valence-corrected chi connectivity index (χ4v) is 1.39. The van der Waals surface area contributed by atoms with Crippen molar-refractivity contribution in [1.82, 2.24) is 9.97 Å². The van der Waals surface area contributed by atoms with Gasteiger partial charge in [-0.05, 0) is 12.0 Å². The van der Waals surface area contributed by atoms with E-state index in [1.807, 2.05) is 6.07 Å². The van der Waals surface area contributed by atoms with Crippen LogP contribution in [0.25, 0.3) is 0 Å². The Hall–Kier alpha value is -0.740. The van der Waals surface area contributed by atoms with Crippen molar-refractivity contribution in [3.63, 3.8) is 0 Å². The molecule has 0 spiro atoms. The summed E-state index contributed by atoms with van der Waals surface area (Å²) in [6.07, 6.45) is 0.778. The maximum Gasteiger partial charge on any atom is 0.129 e. The summed E-state index contributed by atoms with van der Waals surface area (Å²) < 4.78 is 5.64. The summed E-state index contributed by atoms with van der Waals surface area (Å²) in [7, 11) is 1.68. The second-order valence-corrected chi connectivity index (χ2v) is 3.94. The third-order valence-electron chi connectivity index (χ3n) is 1.98. The lowest BCUT2D eigenvalue weighted by molar-refractivity contribution is 0.200. The first-order valence-electron chi connectivity index (χ1n) is 4.72. The molecule has 78 valence electrons. The quantitative estimate of drug-likeness (QED) is 0.779. The molecular weight excluding hydrogens is 196 g/mol. The van der Waals surface area contributed by atoms with Gasteiger partial charge in [0.1, 0.15) is 10.5 Å². The Morgan fingerprint density at radius 3 is 2.86 bits per heavy atom. The van der Waals surface area contributed by atoms with E-state index >= 15 is 0 Å². The van der Waals surface area contributed by atoms with Gasteiger partial charge >= 0.3 is 0 Å². The average Bonchev–Trinajstić information content (AvgIpc) is 2.14. The third-order valence-corrected chi connectivity index (χ3v) is 2.19. The number of ether oxygens (including phenoxy) is 1. The Morgan fingerprint density at radius 2 is 2.29 bits per heavy atom. The van der Waals surface area contributed by atoms with Gasteiger partial charge in [-0.2, -0.15) is 0 Å². The number of aromatic amines is 1. The summed E-state index contributed by atoms with van der Waals surface area (Å²) >= 11 is 5.08. The van der Waals surface area contributed by atoms with Crippen LogP contribution in [0.15, 0.2) is 6.07 Å². The molecule has 0 aliphatic carbocycles. The van der Waals surface area contributed by atoms with E-state index in [-0.39, 0.29) is 0 Å². The minimum Gasteiger partial charge on any atom is -0.384 e. The minimum absolute atomic E-state index is 0.445. The lowest BCUT2D eigenvalue weighted by Crippen LogP contribution is -2.04. The standard InChI is InChI=1S/C10H16N2OS/c1-7(2)8-6-10(14)12-9(11-8)4-5-13-3/h6-7H,4-5H2,1-3H3,(H,11,12,14). The van der Waals surface area contributed by atoms with Crippen LogP contribution >= 0.6 is 12.2 Å². The number of H-pyrrole nitrogens is 1. The van der Waals surface area contributed by atoms with Crippen LogP contribution in [0.5, 0.6) is 0 Å². The Balaban J connectivity index is 2.90. The highest BCUT2D eigenvalue weighted by Gasteiger charge is 2.02. The molecule has 0 aliphatic heterocycles. The Labute approximate surface area is 89.5 Å². The zero-order valence-corrected chi connectivity index (χ0v) is 9.65. The second kappa shape index (κ2) is 5.22.